The van der Waals surface area contributed by atoms with Gasteiger partial charge in [0.25, 0.3) is 0 Å². The molecule has 1 saturated carbocycles. The molecular weight excluding hydrogens is 420 g/mol. The Balaban J connectivity index is 1.51. The molecule has 9 nitrogen and oxygen atoms in total. The smallest absolute Gasteiger partial charge is 0.241 e. The molecule has 0 bridgehead atoms. The van der Waals surface area contributed by atoms with Crippen molar-refractivity contribution in [2.24, 2.45) is 0 Å². The molecule has 2 N–H and O–H groups in total. The van der Waals surface area contributed by atoms with E-state index in [1.165, 1.54) is 5.69 Å². The SMILES string of the molecule is COC[C@H](C)Nc1ncc2c(-c3cnn(C4CCOCC4)c3)cc(C3CCC(O)CC3)n2n1. The molecule has 178 valence electrons. The van der Waals surface area contributed by atoms with Gasteiger partial charge in [-0.25, -0.2) is 9.50 Å². The highest BCUT2D eigenvalue weighted by Gasteiger charge is 2.26. The summed E-state index contributed by atoms with van der Waals surface area (Å²) < 4.78 is 14.9. The summed E-state index contributed by atoms with van der Waals surface area (Å²) in [6, 6.07) is 2.74. The molecule has 0 amide bonds. The summed E-state index contributed by atoms with van der Waals surface area (Å²) in [5, 5.41) is 22.9. The molecule has 0 aromatic carbocycles. The molecule has 1 saturated heterocycles. The average Bonchev–Trinajstić information content (AvgIpc) is 3.45. The minimum Gasteiger partial charge on any atom is -0.393 e. The number of aliphatic hydroxyl groups is 1. The zero-order chi connectivity index (χ0) is 22.8. The second kappa shape index (κ2) is 9.79. The zero-order valence-corrected chi connectivity index (χ0v) is 19.5. The van der Waals surface area contributed by atoms with Gasteiger partial charge in [-0.3, -0.25) is 4.68 Å². The lowest BCUT2D eigenvalue weighted by atomic mass is 9.85. The van der Waals surface area contributed by atoms with Crippen molar-refractivity contribution in [3.8, 4) is 11.1 Å². The molecule has 2 fully saturated rings. The van der Waals surface area contributed by atoms with Crippen LogP contribution in [0.4, 0.5) is 5.95 Å². The van der Waals surface area contributed by atoms with Crippen molar-refractivity contribution >= 4 is 11.5 Å². The third-order valence-corrected chi connectivity index (χ3v) is 6.93. The Kier molecular flexibility index (Phi) is 6.62. The summed E-state index contributed by atoms with van der Waals surface area (Å²) in [6.45, 7) is 4.21. The Morgan fingerprint density at radius 3 is 2.73 bits per heavy atom. The number of methoxy groups -OCH3 is 1. The summed E-state index contributed by atoms with van der Waals surface area (Å²) in [6.07, 6.45) is 11.4. The number of rotatable bonds is 7. The summed E-state index contributed by atoms with van der Waals surface area (Å²) in [4.78, 5) is 4.60. The number of nitrogens with one attached hydrogen (secondary N) is 1. The molecule has 9 heteroatoms. The van der Waals surface area contributed by atoms with Crippen molar-refractivity contribution in [1.29, 1.82) is 0 Å². The number of ether oxygens (including phenoxy) is 2. The fourth-order valence-corrected chi connectivity index (χ4v) is 5.11. The minimum atomic E-state index is -0.189. The Morgan fingerprint density at radius 2 is 1.97 bits per heavy atom. The van der Waals surface area contributed by atoms with Gasteiger partial charge < -0.3 is 19.9 Å². The first-order valence-corrected chi connectivity index (χ1v) is 12.1. The molecule has 2 aliphatic rings. The molecule has 1 aliphatic carbocycles. The van der Waals surface area contributed by atoms with Crippen molar-refractivity contribution in [2.75, 3.05) is 32.2 Å². The van der Waals surface area contributed by atoms with Crippen LogP contribution in [0, 0.1) is 0 Å². The number of anilines is 1. The molecule has 1 atom stereocenters. The van der Waals surface area contributed by atoms with Crippen molar-refractivity contribution in [3.63, 3.8) is 0 Å². The van der Waals surface area contributed by atoms with Crippen LogP contribution in [-0.2, 0) is 9.47 Å². The maximum Gasteiger partial charge on any atom is 0.241 e. The number of aromatic nitrogens is 5. The number of nitrogens with zero attached hydrogens (tertiary/aromatic N) is 5. The minimum absolute atomic E-state index is 0.105. The Morgan fingerprint density at radius 1 is 1.18 bits per heavy atom. The van der Waals surface area contributed by atoms with E-state index in [4.69, 9.17) is 14.6 Å². The van der Waals surface area contributed by atoms with E-state index >= 15 is 0 Å². The number of hydrogen-bond acceptors (Lipinski definition) is 7. The van der Waals surface area contributed by atoms with Gasteiger partial charge in [0.05, 0.1) is 36.7 Å². The quantitative estimate of drug-likeness (QED) is 0.564. The third-order valence-electron chi connectivity index (χ3n) is 6.93. The molecule has 1 aliphatic heterocycles. The van der Waals surface area contributed by atoms with Crippen LogP contribution < -0.4 is 5.32 Å². The van der Waals surface area contributed by atoms with Crippen molar-refractivity contribution in [3.05, 3.63) is 30.4 Å². The van der Waals surface area contributed by atoms with Gasteiger partial charge in [-0.1, -0.05) is 0 Å². The third kappa shape index (κ3) is 4.76. The summed E-state index contributed by atoms with van der Waals surface area (Å²) in [5.41, 5.74) is 4.34. The van der Waals surface area contributed by atoms with E-state index in [0.717, 1.165) is 68.4 Å². The van der Waals surface area contributed by atoms with Gasteiger partial charge in [-0.15, -0.1) is 5.10 Å². The maximum absolute atomic E-state index is 10.0. The monoisotopic (exact) mass is 454 g/mol. The van der Waals surface area contributed by atoms with E-state index in [9.17, 15) is 5.11 Å². The highest BCUT2D eigenvalue weighted by molar-refractivity contribution is 5.81. The van der Waals surface area contributed by atoms with Gasteiger partial charge in [-0.05, 0) is 51.5 Å². The fraction of sp³-hybridized carbons (Fsp3) is 0.625. The average molecular weight is 455 g/mol. The second-order valence-corrected chi connectivity index (χ2v) is 9.42. The van der Waals surface area contributed by atoms with Crippen LogP contribution in [0.2, 0.25) is 0 Å². The lowest BCUT2D eigenvalue weighted by molar-refractivity contribution is 0.0662. The molecule has 5 rings (SSSR count). The van der Waals surface area contributed by atoms with Crippen LogP contribution >= 0.6 is 0 Å². The topological polar surface area (TPSA) is 98.7 Å². The van der Waals surface area contributed by atoms with E-state index in [0.29, 0.717) is 24.5 Å². The molecular formula is C24H34N6O3. The molecule has 3 aromatic rings. The fourth-order valence-electron chi connectivity index (χ4n) is 5.11. The summed E-state index contributed by atoms with van der Waals surface area (Å²) >= 11 is 0. The Labute approximate surface area is 194 Å². The predicted molar refractivity (Wildman–Crippen MR) is 125 cm³/mol. The Bertz CT molecular complexity index is 1070. The standard InChI is InChI=1S/C24H34N6O3/c1-16(15-32-2)27-24-25-13-23-21(18-12-26-29(14-18)19-7-9-33-10-8-19)11-22(30(23)28-24)17-3-5-20(31)6-4-17/h11-14,16-17,19-20,31H,3-10,15H2,1-2H3,(H,27,28)/t16-,17?,20?/m0/s1. The van der Waals surface area contributed by atoms with E-state index in [1.54, 1.807) is 7.11 Å². The van der Waals surface area contributed by atoms with Crippen LogP contribution in [0.25, 0.3) is 16.6 Å². The molecule has 0 radical (unpaired) electrons. The lowest BCUT2D eigenvalue weighted by Crippen LogP contribution is -2.23. The maximum atomic E-state index is 10.0. The van der Waals surface area contributed by atoms with Gasteiger partial charge >= 0.3 is 0 Å². The molecule has 0 unspecified atom stereocenters. The highest BCUT2D eigenvalue weighted by atomic mass is 16.5. The van der Waals surface area contributed by atoms with Crippen LogP contribution in [0.5, 0.6) is 0 Å². The van der Waals surface area contributed by atoms with E-state index < -0.39 is 0 Å². The van der Waals surface area contributed by atoms with E-state index in [2.05, 4.69) is 32.3 Å². The first kappa shape index (κ1) is 22.3. The van der Waals surface area contributed by atoms with Crippen molar-refractivity contribution in [2.45, 2.75) is 69.6 Å². The van der Waals surface area contributed by atoms with E-state index in [1.807, 2.05) is 23.8 Å². The van der Waals surface area contributed by atoms with Gasteiger partial charge in [0.15, 0.2) is 0 Å². The number of fused-ring (bicyclic) bond motifs is 1. The zero-order valence-electron chi connectivity index (χ0n) is 19.5. The van der Waals surface area contributed by atoms with Crippen LogP contribution in [-0.4, -0.2) is 68.6 Å². The molecule has 4 heterocycles. The first-order chi connectivity index (χ1) is 16.1. The van der Waals surface area contributed by atoms with Crippen LogP contribution in [0.15, 0.2) is 24.7 Å². The van der Waals surface area contributed by atoms with Crippen LogP contribution in [0.1, 0.15) is 63.1 Å². The normalized spacial score (nSPS) is 23.1. The number of hydrogen-bond donors (Lipinski definition) is 2. The summed E-state index contributed by atoms with van der Waals surface area (Å²) in [5.74, 6) is 0.948. The predicted octanol–water partition coefficient (Wildman–Crippen LogP) is 3.41. The van der Waals surface area contributed by atoms with Gasteiger partial charge in [0, 0.05) is 55.3 Å². The highest BCUT2D eigenvalue weighted by Crippen LogP contribution is 2.38. The molecule has 33 heavy (non-hydrogen) atoms. The van der Waals surface area contributed by atoms with Gasteiger partial charge in [-0.2, -0.15) is 5.10 Å². The van der Waals surface area contributed by atoms with Crippen molar-refractivity contribution < 1.29 is 14.6 Å². The first-order valence-electron chi connectivity index (χ1n) is 12.1. The Hall–Kier alpha value is -2.49. The molecule has 0 spiro atoms. The van der Waals surface area contributed by atoms with Gasteiger partial charge in [0.2, 0.25) is 5.95 Å². The lowest BCUT2D eigenvalue weighted by Gasteiger charge is -2.25. The number of aliphatic hydroxyl groups excluding tert-OH is 1. The second-order valence-electron chi connectivity index (χ2n) is 9.42. The van der Waals surface area contributed by atoms with Crippen LogP contribution in [0.3, 0.4) is 0 Å². The van der Waals surface area contributed by atoms with Gasteiger partial charge in [0.1, 0.15) is 0 Å². The van der Waals surface area contributed by atoms with E-state index in [-0.39, 0.29) is 12.1 Å². The summed E-state index contributed by atoms with van der Waals surface area (Å²) in [7, 11) is 1.69. The largest absolute Gasteiger partial charge is 0.393 e. The van der Waals surface area contributed by atoms with Crippen molar-refractivity contribution in [1.82, 2.24) is 24.4 Å². The molecule has 3 aromatic heterocycles.